The summed E-state index contributed by atoms with van der Waals surface area (Å²) in [4.78, 5) is 43.2. The van der Waals surface area contributed by atoms with E-state index < -0.39 is 23.8 Å². The highest BCUT2D eigenvalue weighted by atomic mass is 35.5. The van der Waals surface area contributed by atoms with Crippen LogP contribution in [-0.4, -0.2) is 52.2 Å². The van der Waals surface area contributed by atoms with Gasteiger partial charge in [0.15, 0.2) is 0 Å². The predicted octanol–water partition coefficient (Wildman–Crippen LogP) is 3.28. The first-order chi connectivity index (χ1) is 16.4. The summed E-state index contributed by atoms with van der Waals surface area (Å²) in [5, 5.41) is 5.57. The number of halogens is 2. The van der Waals surface area contributed by atoms with E-state index in [2.05, 4.69) is 15.6 Å². The molecule has 0 aliphatic carbocycles. The van der Waals surface area contributed by atoms with Crippen molar-refractivity contribution in [3.8, 4) is 5.69 Å². The number of likely N-dealkylation sites (tertiary alicyclic amines) is 1. The van der Waals surface area contributed by atoms with E-state index in [9.17, 15) is 18.8 Å². The van der Waals surface area contributed by atoms with Crippen LogP contribution in [0.1, 0.15) is 6.42 Å². The number of carbonyl (C=O) groups excluding carboxylic acids is 2. The van der Waals surface area contributed by atoms with Crippen LogP contribution in [0, 0.1) is 5.82 Å². The Morgan fingerprint density at radius 2 is 2.00 bits per heavy atom. The first kappa shape index (κ1) is 23.4. The second-order valence-electron chi connectivity index (χ2n) is 7.62. The third-order valence-electron chi connectivity index (χ3n) is 5.43. The minimum Gasteiger partial charge on any atom is -0.380 e. The van der Waals surface area contributed by atoms with Gasteiger partial charge in [0, 0.05) is 44.6 Å². The Morgan fingerprint density at radius 3 is 2.68 bits per heavy atom. The smallest absolute Gasteiger partial charge is 0.323 e. The van der Waals surface area contributed by atoms with E-state index in [1.807, 2.05) is 0 Å². The molecule has 34 heavy (non-hydrogen) atoms. The fourth-order valence-electron chi connectivity index (χ4n) is 3.68. The van der Waals surface area contributed by atoms with Gasteiger partial charge < -0.3 is 15.0 Å². The van der Waals surface area contributed by atoms with Crippen molar-refractivity contribution in [2.75, 3.05) is 24.3 Å². The van der Waals surface area contributed by atoms with Gasteiger partial charge in [0.2, 0.25) is 5.91 Å². The zero-order chi connectivity index (χ0) is 24.2. The van der Waals surface area contributed by atoms with E-state index in [0.717, 1.165) is 6.07 Å². The number of nitrogens with one attached hydrogen (secondary N) is 2. The molecule has 0 unspecified atom stereocenters. The maximum absolute atomic E-state index is 14.8. The van der Waals surface area contributed by atoms with Crippen molar-refractivity contribution in [3.63, 3.8) is 0 Å². The largest absolute Gasteiger partial charge is 0.380 e. The molecule has 0 spiro atoms. The molecule has 11 heteroatoms. The molecule has 2 N–H and O–H groups in total. The Bertz CT molecular complexity index is 1270. The number of nitrogens with zero attached hydrogens (tertiary/aromatic N) is 3. The zero-order valence-corrected chi connectivity index (χ0v) is 18.8. The maximum Gasteiger partial charge on any atom is 0.323 e. The van der Waals surface area contributed by atoms with Gasteiger partial charge in [-0.1, -0.05) is 17.7 Å². The van der Waals surface area contributed by atoms with Crippen LogP contribution >= 0.6 is 11.6 Å². The Kier molecular flexibility index (Phi) is 6.90. The monoisotopic (exact) mass is 485 g/mol. The number of pyridine rings is 2. The molecule has 0 bridgehead atoms. The molecular formula is C23H21ClFN5O4. The molecule has 3 heterocycles. The molecule has 2 aromatic heterocycles. The number of carbonyl (C=O) groups is 2. The minimum atomic E-state index is -0.895. The van der Waals surface area contributed by atoms with Crippen LogP contribution in [0.5, 0.6) is 0 Å². The summed E-state index contributed by atoms with van der Waals surface area (Å²) in [7, 11) is 1.49. The molecule has 4 rings (SSSR count). The lowest BCUT2D eigenvalue weighted by Gasteiger charge is -2.24. The fourth-order valence-corrected chi connectivity index (χ4v) is 3.80. The second kappa shape index (κ2) is 10.0. The lowest BCUT2D eigenvalue weighted by Crippen LogP contribution is -2.45. The van der Waals surface area contributed by atoms with Crippen LogP contribution in [0.3, 0.4) is 0 Å². The number of methoxy groups -OCH3 is 1. The second-order valence-corrected chi connectivity index (χ2v) is 8.05. The van der Waals surface area contributed by atoms with Crippen molar-refractivity contribution in [3.05, 3.63) is 82.1 Å². The molecule has 0 radical (unpaired) electrons. The quantitative estimate of drug-likeness (QED) is 0.577. The average Bonchev–Trinajstić information content (AvgIpc) is 3.27. The van der Waals surface area contributed by atoms with Crippen molar-refractivity contribution < 1.29 is 18.7 Å². The summed E-state index contributed by atoms with van der Waals surface area (Å²) in [6.07, 6.45) is 2.78. The van der Waals surface area contributed by atoms with Gasteiger partial charge in [-0.2, -0.15) is 0 Å². The number of hydrogen-bond acceptors (Lipinski definition) is 5. The lowest BCUT2D eigenvalue weighted by molar-refractivity contribution is -0.119. The summed E-state index contributed by atoms with van der Waals surface area (Å²) in [6.45, 7) is 0.173. The first-order valence-electron chi connectivity index (χ1n) is 10.4. The van der Waals surface area contributed by atoms with Crippen LogP contribution in [0.15, 0.2) is 65.7 Å². The third-order valence-corrected chi connectivity index (χ3v) is 5.66. The molecule has 1 aliphatic rings. The van der Waals surface area contributed by atoms with Crippen molar-refractivity contribution in [1.29, 1.82) is 0 Å². The summed E-state index contributed by atoms with van der Waals surface area (Å²) in [6, 6.07) is 10.3. The van der Waals surface area contributed by atoms with Crippen LogP contribution in [0.2, 0.25) is 5.02 Å². The van der Waals surface area contributed by atoms with Crippen molar-refractivity contribution in [1.82, 2.24) is 14.5 Å². The van der Waals surface area contributed by atoms with Crippen LogP contribution in [0.25, 0.3) is 5.69 Å². The van der Waals surface area contributed by atoms with Crippen molar-refractivity contribution in [2.45, 2.75) is 18.6 Å². The zero-order valence-electron chi connectivity index (χ0n) is 18.1. The van der Waals surface area contributed by atoms with Gasteiger partial charge in [0.25, 0.3) is 5.56 Å². The van der Waals surface area contributed by atoms with E-state index in [0.29, 0.717) is 10.7 Å². The van der Waals surface area contributed by atoms with Gasteiger partial charge in [0.1, 0.15) is 17.7 Å². The van der Waals surface area contributed by atoms with Crippen molar-refractivity contribution in [2.24, 2.45) is 0 Å². The Labute approximate surface area is 199 Å². The number of anilines is 2. The van der Waals surface area contributed by atoms with Crippen molar-refractivity contribution >= 4 is 35.0 Å². The van der Waals surface area contributed by atoms with Crippen LogP contribution in [0.4, 0.5) is 20.7 Å². The number of ether oxygens (including phenoxy) is 1. The summed E-state index contributed by atoms with van der Waals surface area (Å²) >= 11 is 5.82. The first-order valence-corrected chi connectivity index (χ1v) is 10.7. The number of rotatable bonds is 5. The molecular weight excluding hydrogens is 465 g/mol. The summed E-state index contributed by atoms with van der Waals surface area (Å²) in [5.41, 5.74) is -0.0664. The molecule has 9 nitrogen and oxygen atoms in total. The normalized spacial score (nSPS) is 17.4. The predicted molar refractivity (Wildman–Crippen MR) is 125 cm³/mol. The van der Waals surface area contributed by atoms with Gasteiger partial charge in [-0.15, -0.1) is 0 Å². The molecule has 176 valence electrons. The highest BCUT2D eigenvalue weighted by molar-refractivity contribution is 6.30. The van der Waals surface area contributed by atoms with Gasteiger partial charge in [0.05, 0.1) is 22.5 Å². The third kappa shape index (κ3) is 5.08. The van der Waals surface area contributed by atoms with Gasteiger partial charge in [-0.3, -0.25) is 19.5 Å². The number of aromatic nitrogens is 2. The molecule has 3 amide bonds. The number of benzene rings is 1. The summed E-state index contributed by atoms with van der Waals surface area (Å²) in [5.74, 6) is -1.02. The van der Waals surface area contributed by atoms with E-state index in [4.69, 9.17) is 16.3 Å². The van der Waals surface area contributed by atoms with E-state index in [1.165, 1.54) is 53.2 Å². The minimum absolute atomic E-state index is 0.0710. The fraction of sp³-hybridized carbons (Fsp3) is 0.217. The van der Waals surface area contributed by atoms with Gasteiger partial charge in [-0.25, -0.2) is 14.2 Å². The van der Waals surface area contributed by atoms with Gasteiger partial charge >= 0.3 is 6.03 Å². The molecule has 1 aliphatic heterocycles. The molecule has 3 aromatic rings. The number of amides is 3. The SMILES string of the molecule is CO[C@@H]1C[C@H](C(=O)Nc2ccc(-n3ccccc3=O)cc2F)N(C(=O)Nc2ccc(Cl)cn2)C1. The summed E-state index contributed by atoms with van der Waals surface area (Å²) < 4.78 is 21.4. The van der Waals surface area contributed by atoms with E-state index in [-0.39, 0.29) is 36.1 Å². The lowest BCUT2D eigenvalue weighted by atomic mass is 10.1. The average molecular weight is 486 g/mol. The highest BCUT2D eigenvalue weighted by Crippen LogP contribution is 2.24. The molecule has 2 atom stereocenters. The number of hydrogen-bond donors (Lipinski definition) is 2. The van der Waals surface area contributed by atoms with Crippen LogP contribution < -0.4 is 16.2 Å². The Balaban J connectivity index is 1.50. The van der Waals surface area contributed by atoms with Crippen LogP contribution in [-0.2, 0) is 9.53 Å². The maximum atomic E-state index is 14.8. The molecule has 1 aromatic carbocycles. The van der Waals surface area contributed by atoms with E-state index in [1.54, 1.807) is 18.2 Å². The standard InChI is InChI=1S/C23H21ClFN5O4/c1-34-16-11-19(30(13-16)23(33)28-20-8-5-14(24)12-26-20)22(32)27-18-7-6-15(10-17(18)25)29-9-3-2-4-21(29)31/h2-10,12,16,19H,11,13H2,1H3,(H,27,32)(H,26,28,33)/t16-,19-/m1/s1. The van der Waals surface area contributed by atoms with E-state index >= 15 is 0 Å². The molecule has 1 fully saturated rings. The Morgan fingerprint density at radius 1 is 1.18 bits per heavy atom. The molecule has 1 saturated heterocycles. The highest BCUT2D eigenvalue weighted by Gasteiger charge is 2.40. The topological polar surface area (TPSA) is 106 Å². The Hall–Kier alpha value is -3.76. The number of urea groups is 1. The molecule has 0 saturated carbocycles. The van der Waals surface area contributed by atoms with Gasteiger partial charge in [-0.05, 0) is 30.3 Å².